The molecular weight excluding hydrogens is 278 g/mol. The van der Waals surface area contributed by atoms with Crippen molar-refractivity contribution in [1.29, 1.82) is 0 Å². The molecule has 2 aromatic rings. The predicted molar refractivity (Wildman–Crippen MR) is 74.8 cm³/mol. The van der Waals surface area contributed by atoms with E-state index in [4.69, 9.17) is 5.73 Å². The van der Waals surface area contributed by atoms with E-state index in [1.165, 1.54) is 5.52 Å². The lowest BCUT2D eigenvalue weighted by Crippen LogP contribution is -2.09. The molecule has 0 aliphatic heterocycles. The van der Waals surface area contributed by atoms with Gasteiger partial charge in [-0.1, -0.05) is 29.8 Å². The topological polar surface area (TPSA) is 43.8 Å². The molecule has 1 heterocycles. The van der Waals surface area contributed by atoms with Gasteiger partial charge in [-0.25, -0.2) is 4.98 Å². The lowest BCUT2D eigenvalue weighted by atomic mass is 10.1. The van der Waals surface area contributed by atoms with Crippen molar-refractivity contribution in [3.8, 4) is 0 Å². The van der Waals surface area contributed by atoms with E-state index in [1.807, 2.05) is 6.07 Å². The van der Waals surface area contributed by atoms with E-state index < -0.39 is 0 Å². The third-order valence-corrected chi connectivity index (χ3v) is 3.40. The zero-order valence-corrected chi connectivity index (χ0v) is 11.9. The molecular formula is C13H18BrN3. The van der Waals surface area contributed by atoms with Crippen LogP contribution in [0.2, 0.25) is 0 Å². The molecule has 0 atom stereocenters. The van der Waals surface area contributed by atoms with Gasteiger partial charge in [0.05, 0.1) is 17.6 Å². The molecule has 0 bridgehead atoms. The minimum Gasteiger partial charge on any atom is -0.327 e. The Morgan fingerprint density at radius 2 is 2.18 bits per heavy atom. The van der Waals surface area contributed by atoms with Gasteiger partial charge in [0.15, 0.2) is 0 Å². The van der Waals surface area contributed by atoms with Gasteiger partial charge in [0.1, 0.15) is 5.82 Å². The molecule has 1 aromatic heterocycles. The highest BCUT2D eigenvalue weighted by molar-refractivity contribution is 9.10. The van der Waals surface area contributed by atoms with Gasteiger partial charge in [-0.2, -0.15) is 0 Å². The molecule has 0 aliphatic carbocycles. The molecule has 0 saturated carbocycles. The van der Waals surface area contributed by atoms with Gasteiger partial charge in [0, 0.05) is 11.0 Å². The molecule has 92 valence electrons. The van der Waals surface area contributed by atoms with E-state index in [0.29, 0.717) is 12.5 Å². The average molecular weight is 296 g/mol. The molecule has 3 nitrogen and oxygen atoms in total. The van der Waals surface area contributed by atoms with Crippen molar-refractivity contribution in [1.82, 2.24) is 9.55 Å². The Morgan fingerprint density at radius 3 is 2.82 bits per heavy atom. The highest BCUT2D eigenvalue weighted by Crippen LogP contribution is 2.21. The highest BCUT2D eigenvalue weighted by atomic mass is 79.9. The molecule has 0 saturated heterocycles. The Labute approximate surface area is 110 Å². The first-order valence-electron chi connectivity index (χ1n) is 5.96. The van der Waals surface area contributed by atoms with Gasteiger partial charge in [0.2, 0.25) is 0 Å². The van der Waals surface area contributed by atoms with Crippen molar-refractivity contribution in [2.24, 2.45) is 11.7 Å². The summed E-state index contributed by atoms with van der Waals surface area (Å²) >= 11 is 3.47. The SMILES string of the molecule is CC(C)CCn1c(CN)nc2cc(Br)ccc21. The second kappa shape index (κ2) is 5.19. The number of imidazole rings is 1. The largest absolute Gasteiger partial charge is 0.327 e. The fourth-order valence-corrected chi connectivity index (χ4v) is 2.29. The Hall–Kier alpha value is -0.870. The molecule has 2 N–H and O–H groups in total. The standard InChI is InChI=1S/C13H18BrN3/c1-9(2)5-6-17-12-4-3-10(14)7-11(12)16-13(17)8-15/h3-4,7,9H,5-6,8,15H2,1-2H3. The quantitative estimate of drug-likeness (QED) is 0.940. The summed E-state index contributed by atoms with van der Waals surface area (Å²) in [4.78, 5) is 4.58. The number of hydrogen-bond donors (Lipinski definition) is 1. The van der Waals surface area contributed by atoms with Crippen molar-refractivity contribution in [3.05, 3.63) is 28.5 Å². The van der Waals surface area contributed by atoms with Crippen LogP contribution in [0.1, 0.15) is 26.1 Å². The number of benzene rings is 1. The summed E-state index contributed by atoms with van der Waals surface area (Å²) in [6.07, 6.45) is 1.15. The summed E-state index contributed by atoms with van der Waals surface area (Å²) in [5.41, 5.74) is 7.96. The molecule has 0 fully saturated rings. The number of halogens is 1. The van der Waals surface area contributed by atoms with E-state index in [2.05, 4.69) is 51.5 Å². The van der Waals surface area contributed by atoms with Crippen LogP contribution < -0.4 is 5.73 Å². The monoisotopic (exact) mass is 295 g/mol. The lowest BCUT2D eigenvalue weighted by molar-refractivity contribution is 0.512. The molecule has 0 unspecified atom stereocenters. The summed E-state index contributed by atoms with van der Waals surface area (Å²) in [6.45, 7) is 5.95. The van der Waals surface area contributed by atoms with E-state index in [-0.39, 0.29) is 0 Å². The number of hydrogen-bond acceptors (Lipinski definition) is 2. The van der Waals surface area contributed by atoms with Gasteiger partial charge in [0.25, 0.3) is 0 Å². The normalized spacial score (nSPS) is 11.6. The number of fused-ring (bicyclic) bond motifs is 1. The molecule has 4 heteroatoms. The van der Waals surface area contributed by atoms with Crippen molar-refractivity contribution >= 4 is 27.0 Å². The molecule has 0 radical (unpaired) electrons. The van der Waals surface area contributed by atoms with Crippen LogP contribution in [-0.2, 0) is 13.1 Å². The predicted octanol–water partition coefficient (Wildman–Crippen LogP) is 3.30. The first-order valence-corrected chi connectivity index (χ1v) is 6.76. The van der Waals surface area contributed by atoms with Gasteiger partial charge in [-0.05, 0) is 30.5 Å². The van der Waals surface area contributed by atoms with Crippen molar-refractivity contribution < 1.29 is 0 Å². The zero-order chi connectivity index (χ0) is 12.4. The smallest absolute Gasteiger partial charge is 0.123 e. The molecule has 1 aromatic carbocycles. The minimum absolute atomic E-state index is 0.490. The molecule has 0 amide bonds. The van der Waals surface area contributed by atoms with Crippen LogP contribution in [-0.4, -0.2) is 9.55 Å². The molecule has 2 rings (SSSR count). The highest BCUT2D eigenvalue weighted by Gasteiger charge is 2.09. The zero-order valence-electron chi connectivity index (χ0n) is 10.3. The number of aromatic nitrogens is 2. The van der Waals surface area contributed by atoms with Crippen molar-refractivity contribution in [2.75, 3.05) is 0 Å². The Bertz CT molecular complexity index is 517. The first-order chi connectivity index (χ1) is 8.11. The maximum atomic E-state index is 5.76. The number of nitrogens with two attached hydrogens (primary N) is 1. The van der Waals surface area contributed by atoms with Crippen LogP contribution >= 0.6 is 15.9 Å². The average Bonchev–Trinajstić information content (AvgIpc) is 2.63. The maximum Gasteiger partial charge on any atom is 0.123 e. The third kappa shape index (κ3) is 2.69. The summed E-state index contributed by atoms with van der Waals surface area (Å²) in [5.74, 6) is 1.66. The summed E-state index contributed by atoms with van der Waals surface area (Å²) < 4.78 is 3.30. The van der Waals surface area contributed by atoms with Gasteiger partial charge in [-0.15, -0.1) is 0 Å². The van der Waals surface area contributed by atoms with Crippen LogP contribution in [0.25, 0.3) is 11.0 Å². The second-order valence-corrected chi connectivity index (χ2v) is 5.62. The Morgan fingerprint density at radius 1 is 1.41 bits per heavy atom. The van der Waals surface area contributed by atoms with E-state index in [9.17, 15) is 0 Å². The Kier molecular flexibility index (Phi) is 3.84. The van der Waals surface area contributed by atoms with Crippen molar-refractivity contribution in [3.63, 3.8) is 0 Å². The van der Waals surface area contributed by atoms with Crippen LogP contribution in [0, 0.1) is 5.92 Å². The second-order valence-electron chi connectivity index (χ2n) is 4.70. The summed E-state index contributed by atoms with van der Waals surface area (Å²) in [7, 11) is 0. The number of nitrogens with zero attached hydrogens (tertiary/aromatic N) is 2. The van der Waals surface area contributed by atoms with E-state index in [1.54, 1.807) is 0 Å². The maximum absolute atomic E-state index is 5.76. The summed E-state index contributed by atoms with van der Waals surface area (Å²) in [6, 6.07) is 6.20. The van der Waals surface area contributed by atoms with Crippen LogP contribution in [0.4, 0.5) is 0 Å². The fourth-order valence-electron chi connectivity index (χ4n) is 1.95. The van der Waals surface area contributed by atoms with Crippen LogP contribution in [0.15, 0.2) is 22.7 Å². The summed E-state index contributed by atoms with van der Waals surface area (Å²) in [5, 5.41) is 0. The van der Waals surface area contributed by atoms with E-state index >= 15 is 0 Å². The minimum atomic E-state index is 0.490. The number of rotatable bonds is 4. The third-order valence-electron chi connectivity index (χ3n) is 2.90. The van der Waals surface area contributed by atoms with Gasteiger partial charge < -0.3 is 10.3 Å². The fraction of sp³-hybridized carbons (Fsp3) is 0.462. The van der Waals surface area contributed by atoms with Crippen LogP contribution in [0.5, 0.6) is 0 Å². The molecule has 17 heavy (non-hydrogen) atoms. The van der Waals surface area contributed by atoms with Gasteiger partial charge in [-0.3, -0.25) is 0 Å². The lowest BCUT2D eigenvalue weighted by Gasteiger charge is -2.09. The molecule has 0 aliphatic rings. The van der Waals surface area contributed by atoms with Crippen molar-refractivity contribution in [2.45, 2.75) is 33.4 Å². The molecule has 0 spiro atoms. The van der Waals surface area contributed by atoms with Crippen LogP contribution in [0.3, 0.4) is 0 Å². The number of aryl methyl sites for hydroxylation is 1. The van der Waals surface area contributed by atoms with Gasteiger partial charge >= 0.3 is 0 Å². The Balaban J connectivity index is 2.43. The first kappa shape index (κ1) is 12.6. The van der Waals surface area contributed by atoms with E-state index in [0.717, 1.165) is 28.8 Å².